The van der Waals surface area contributed by atoms with Crippen LogP contribution < -0.4 is 10.6 Å². The quantitative estimate of drug-likeness (QED) is 0.843. The Morgan fingerprint density at radius 2 is 2.31 bits per heavy atom. The highest BCUT2D eigenvalue weighted by atomic mass is 35.5. The molecule has 1 unspecified atom stereocenters. The third-order valence-electron chi connectivity index (χ3n) is 2.84. The van der Waals surface area contributed by atoms with Crippen molar-refractivity contribution in [3.05, 3.63) is 30.1 Å². The van der Waals surface area contributed by atoms with Crippen LogP contribution in [-0.2, 0) is 6.54 Å². The van der Waals surface area contributed by atoms with Gasteiger partial charge in [-0.1, -0.05) is 12.5 Å². The van der Waals surface area contributed by atoms with Crippen molar-refractivity contribution in [3.63, 3.8) is 0 Å². The molecule has 0 aromatic carbocycles. The van der Waals surface area contributed by atoms with E-state index in [-0.39, 0.29) is 12.4 Å². The molecule has 1 aromatic rings. The van der Waals surface area contributed by atoms with Crippen molar-refractivity contribution in [3.8, 4) is 0 Å². The van der Waals surface area contributed by atoms with Crippen LogP contribution in [0.2, 0.25) is 0 Å². The monoisotopic (exact) mass is 241 g/mol. The van der Waals surface area contributed by atoms with E-state index in [1.165, 1.54) is 25.8 Å². The van der Waals surface area contributed by atoms with Crippen molar-refractivity contribution < 1.29 is 0 Å². The molecule has 4 heteroatoms. The van der Waals surface area contributed by atoms with Gasteiger partial charge in [-0.2, -0.15) is 0 Å². The molecule has 1 atom stereocenters. The molecule has 0 radical (unpaired) electrons. The van der Waals surface area contributed by atoms with E-state index in [0.29, 0.717) is 6.04 Å². The van der Waals surface area contributed by atoms with E-state index < -0.39 is 0 Å². The van der Waals surface area contributed by atoms with Crippen molar-refractivity contribution in [1.82, 2.24) is 15.6 Å². The molecule has 2 rings (SSSR count). The molecule has 1 fully saturated rings. The zero-order chi connectivity index (χ0) is 10.3. The Kier molecular flexibility index (Phi) is 6.38. The van der Waals surface area contributed by atoms with E-state index >= 15 is 0 Å². The van der Waals surface area contributed by atoms with Crippen molar-refractivity contribution in [2.45, 2.75) is 31.8 Å². The lowest BCUT2D eigenvalue weighted by Crippen LogP contribution is -2.41. The zero-order valence-corrected chi connectivity index (χ0v) is 10.3. The van der Waals surface area contributed by atoms with Crippen LogP contribution in [0.25, 0.3) is 0 Å². The first-order valence-electron chi connectivity index (χ1n) is 5.79. The molecule has 2 heterocycles. The highest BCUT2D eigenvalue weighted by molar-refractivity contribution is 5.85. The molecular weight excluding hydrogens is 222 g/mol. The van der Waals surface area contributed by atoms with Crippen LogP contribution in [0.1, 0.15) is 25.0 Å². The predicted molar refractivity (Wildman–Crippen MR) is 68.8 cm³/mol. The molecule has 1 saturated heterocycles. The Labute approximate surface area is 103 Å². The predicted octanol–water partition coefficient (Wildman–Crippen LogP) is 1.74. The molecular formula is C12H20ClN3. The molecule has 0 spiro atoms. The van der Waals surface area contributed by atoms with Crippen LogP contribution in [-0.4, -0.2) is 24.1 Å². The third kappa shape index (κ3) is 4.47. The lowest BCUT2D eigenvalue weighted by Gasteiger charge is -2.23. The van der Waals surface area contributed by atoms with Gasteiger partial charge in [0, 0.05) is 25.3 Å². The van der Waals surface area contributed by atoms with E-state index in [1.807, 2.05) is 18.3 Å². The third-order valence-corrected chi connectivity index (χ3v) is 2.84. The summed E-state index contributed by atoms with van der Waals surface area (Å²) in [7, 11) is 0. The first-order chi connectivity index (χ1) is 7.45. The number of piperidine rings is 1. The van der Waals surface area contributed by atoms with E-state index in [2.05, 4.69) is 21.7 Å². The SMILES string of the molecule is Cl.c1ccc(CNCC2CCCCN2)nc1. The van der Waals surface area contributed by atoms with E-state index in [1.54, 1.807) is 0 Å². The summed E-state index contributed by atoms with van der Waals surface area (Å²) in [5.41, 5.74) is 1.12. The van der Waals surface area contributed by atoms with Crippen LogP contribution in [0.15, 0.2) is 24.4 Å². The van der Waals surface area contributed by atoms with Gasteiger partial charge in [-0.3, -0.25) is 4.98 Å². The zero-order valence-electron chi connectivity index (χ0n) is 9.48. The molecule has 0 saturated carbocycles. The summed E-state index contributed by atoms with van der Waals surface area (Å²) in [6.45, 7) is 3.10. The second-order valence-corrected chi connectivity index (χ2v) is 4.10. The number of hydrogen-bond acceptors (Lipinski definition) is 3. The summed E-state index contributed by atoms with van der Waals surface area (Å²) in [6.07, 6.45) is 5.84. The molecule has 2 N–H and O–H groups in total. The van der Waals surface area contributed by atoms with Gasteiger partial charge in [-0.05, 0) is 31.5 Å². The maximum Gasteiger partial charge on any atom is 0.0541 e. The Morgan fingerprint density at radius 3 is 3.00 bits per heavy atom. The van der Waals surface area contributed by atoms with Gasteiger partial charge in [-0.25, -0.2) is 0 Å². The Bertz CT molecular complexity index is 273. The van der Waals surface area contributed by atoms with Gasteiger partial charge in [0.2, 0.25) is 0 Å². The minimum Gasteiger partial charge on any atom is -0.313 e. The van der Waals surface area contributed by atoms with Crippen molar-refractivity contribution in [2.24, 2.45) is 0 Å². The number of hydrogen-bond donors (Lipinski definition) is 2. The summed E-state index contributed by atoms with van der Waals surface area (Å²) < 4.78 is 0. The fourth-order valence-electron chi connectivity index (χ4n) is 1.98. The molecule has 1 aliphatic heterocycles. The average Bonchev–Trinajstić information content (AvgIpc) is 2.32. The second-order valence-electron chi connectivity index (χ2n) is 4.10. The molecule has 0 amide bonds. The van der Waals surface area contributed by atoms with Gasteiger partial charge in [0.05, 0.1) is 5.69 Å². The lowest BCUT2D eigenvalue weighted by atomic mass is 10.1. The van der Waals surface area contributed by atoms with Crippen LogP contribution in [0.4, 0.5) is 0 Å². The van der Waals surface area contributed by atoms with Gasteiger partial charge in [0.25, 0.3) is 0 Å². The standard InChI is InChI=1S/C12H19N3.ClH/c1-3-7-14-11(5-1)9-13-10-12-6-2-4-8-15-12;/h1,3,5,7,12-13,15H,2,4,6,8-10H2;1H. The molecule has 90 valence electrons. The number of halogens is 1. The number of nitrogens with zero attached hydrogens (tertiary/aromatic N) is 1. The van der Waals surface area contributed by atoms with Gasteiger partial charge >= 0.3 is 0 Å². The topological polar surface area (TPSA) is 37.0 Å². The fraction of sp³-hybridized carbons (Fsp3) is 0.583. The maximum atomic E-state index is 4.28. The van der Waals surface area contributed by atoms with E-state index in [4.69, 9.17) is 0 Å². The average molecular weight is 242 g/mol. The number of pyridine rings is 1. The summed E-state index contributed by atoms with van der Waals surface area (Å²) in [4.78, 5) is 4.28. The number of rotatable bonds is 4. The van der Waals surface area contributed by atoms with Crippen LogP contribution in [0.5, 0.6) is 0 Å². The lowest BCUT2D eigenvalue weighted by molar-refractivity contribution is 0.382. The summed E-state index contributed by atoms with van der Waals surface area (Å²) in [5, 5.41) is 6.97. The molecule has 0 aliphatic carbocycles. The smallest absolute Gasteiger partial charge is 0.0541 e. The molecule has 3 nitrogen and oxygen atoms in total. The molecule has 16 heavy (non-hydrogen) atoms. The van der Waals surface area contributed by atoms with E-state index in [9.17, 15) is 0 Å². The van der Waals surface area contributed by atoms with Crippen LogP contribution in [0.3, 0.4) is 0 Å². The highest BCUT2D eigenvalue weighted by Crippen LogP contribution is 2.05. The van der Waals surface area contributed by atoms with Crippen molar-refractivity contribution >= 4 is 12.4 Å². The second kappa shape index (κ2) is 7.60. The highest BCUT2D eigenvalue weighted by Gasteiger charge is 2.11. The largest absolute Gasteiger partial charge is 0.313 e. The molecule has 1 aliphatic rings. The van der Waals surface area contributed by atoms with Gasteiger partial charge in [0.15, 0.2) is 0 Å². The summed E-state index contributed by atoms with van der Waals surface area (Å²) >= 11 is 0. The summed E-state index contributed by atoms with van der Waals surface area (Å²) in [6, 6.07) is 6.69. The fourth-order valence-corrected chi connectivity index (χ4v) is 1.98. The minimum atomic E-state index is 0. The molecule has 1 aromatic heterocycles. The minimum absolute atomic E-state index is 0. The Hall–Kier alpha value is -0.640. The summed E-state index contributed by atoms with van der Waals surface area (Å²) in [5.74, 6) is 0. The van der Waals surface area contributed by atoms with E-state index in [0.717, 1.165) is 18.8 Å². The first kappa shape index (κ1) is 13.4. The van der Waals surface area contributed by atoms with Crippen molar-refractivity contribution in [1.29, 1.82) is 0 Å². The van der Waals surface area contributed by atoms with Crippen LogP contribution >= 0.6 is 12.4 Å². The maximum absolute atomic E-state index is 4.28. The van der Waals surface area contributed by atoms with Gasteiger partial charge in [0.1, 0.15) is 0 Å². The van der Waals surface area contributed by atoms with Crippen LogP contribution in [0, 0.1) is 0 Å². The van der Waals surface area contributed by atoms with Gasteiger partial charge < -0.3 is 10.6 Å². The molecule has 0 bridgehead atoms. The number of aromatic nitrogens is 1. The number of nitrogens with one attached hydrogen (secondary N) is 2. The van der Waals surface area contributed by atoms with Gasteiger partial charge in [-0.15, -0.1) is 12.4 Å². The Balaban J connectivity index is 0.00000128. The first-order valence-corrected chi connectivity index (χ1v) is 5.79. The normalized spacial score (nSPS) is 20.1. The Morgan fingerprint density at radius 1 is 1.38 bits per heavy atom. The van der Waals surface area contributed by atoms with Crippen molar-refractivity contribution in [2.75, 3.05) is 13.1 Å².